The van der Waals surface area contributed by atoms with Gasteiger partial charge in [-0.3, -0.25) is 4.79 Å². The Labute approximate surface area is 137 Å². The Hall–Kier alpha value is -1.63. The molecule has 2 rings (SSSR count). The van der Waals surface area contributed by atoms with Crippen LogP contribution in [0.2, 0.25) is 0 Å². The lowest BCUT2D eigenvalue weighted by molar-refractivity contribution is 0.0924. The fourth-order valence-electron chi connectivity index (χ4n) is 2.97. The first kappa shape index (κ1) is 17.7. The van der Waals surface area contributed by atoms with Crippen molar-refractivity contribution >= 4 is 15.7 Å². The highest BCUT2D eigenvalue weighted by molar-refractivity contribution is 7.91. The van der Waals surface area contributed by atoms with Gasteiger partial charge in [-0.15, -0.1) is 0 Å². The highest BCUT2D eigenvalue weighted by atomic mass is 32.2. The molecule has 23 heavy (non-hydrogen) atoms. The van der Waals surface area contributed by atoms with E-state index in [2.05, 4.69) is 10.3 Å². The van der Waals surface area contributed by atoms with E-state index in [-0.39, 0.29) is 17.8 Å². The van der Waals surface area contributed by atoms with Gasteiger partial charge in [0.2, 0.25) is 5.88 Å². The molecule has 0 aromatic carbocycles. The van der Waals surface area contributed by atoms with Gasteiger partial charge in [-0.25, -0.2) is 13.4 Å². The van der Waals surface area contributed by atoms with Gasteiger partial charge in [-0.05, 0) is 38.8 Å². The lowest BCUT2D eigenvalue weighted by Gasteiger charge is -2.30. The average Bonchev–Trinajstić information content (AvgIpc) is 2.47. The van der Waals surface area contributed by atoms with Crippen molar-refractivity contribution in [1.82, 2.24) is 10.3 Å². The molecular formula is C16H24N2O4S. The minimum Gasteiger partial charge on any atom is -0.477 e. The fourth-order valence-corrected chi connectivity index (χ4v) is 4.37. The third-order valence-electron chi connectivity index (χ3n) is 4.09. The fraction of sp³-hybridized carbons (Fsp3) is 0.625. The van der Waals surface area contributed by atoms with Gasteiger partial charge >= 0.3 is 0 Å². The summed E-state index contributed by atoms with van der Waals surface area (Å²) in [6.07, 6.45) is 4.30. The van der Waals surface area contributed by atoms with E-state index in [1.165, 1.54) is 6.26 Å². The lowest BCUT2D eigenvalue weighted by atomic mass is 9.94. The normalized spacial score (nSPS) is 21.7. The first-order valence-corrected chi connectivity index (χ1v) is 9.88. The minimum atomic E-state index is -3.19. The molecule has 1 saturated carbocycles. The summed E-state index contributed by atoms with van der Waals surface area (Å²) in [6.45, 7) is 4.06. The van der Waals surface area contributed by atoms with Crippen LogP contribution in [0.5, 0.6) is 5.88 Å². The zero-order valence-corrected chi connectivity index (χ0v) is 14.6. The van der Waals surface area contributed by atoms with E-state index in [0.29, 0.717) is 25.0 Å². The number of hydrogen-bond donors (Lipinski definition) is 1. The Morgan fingerprint density at radius 2 is 2.04 bits per heavy atom. The SMILES string of the molecule is CCOc1nc(C)ccc1C(=O)N[C@@H]1CCCC[C@H]1S(C)(=O)=O. The van der Waals surface area contributed by atoms with E-state index in [1.807, 2.05) is 13.8 Å². The van der Waals surface area contributed by atoms with Crippen LogP contribution in [0.4, 0.5) is 0 Å². The first-order valence-electron chi connectivity index (χ1n) is 7.93. The molecular weight excluding hydrogens is 316 g/mol. The van der Waals surface area contributed by atoms with Crippen molar-refractivity contribution in [1.29, 1.82) is 0 Å². The minimum absolute atomic E-state index is 0.289. The van der Waals surface area contributed by atoms with Crippen LogP contribution in [-0.4, -0.2) is 43.5 Å². The zero-order chi connectivity index (χ0) is 17.0. The molecule has 1 aliphatic rings. The second kappa shape index (κ2) is 7.29. The molecule has 7 heteroatoms. The lowest BCUT2D eigenvalue weighted by Crippen LogP contribution is -2.48. The maximum absolute atomic E-state index is 12.6. The summed E-state index contributed by atoms with van der Waals surface area (Å²) in [6, 6.07) is 3.05. The molecule has 0 bridgehead atoms. The number of aryl methyl sites for hydroxylation is 1. The highest BCUT2D eigenvalue weighted by Crippen LogP contribution is 2.25. The number of rotatable bonds is 5. The third kappa shape index (κ3) is 4.43. The number of nitrogens with one attached hydrogen (secondary N) is 1. The second-order valence-electron chi connectivity index (χ2n) is 5.97. The molecule has 1 fully saturated rings. The summed E-state index contributed by atoms with van der Waals surface area (Å²) in [7, 11) is -3.19. The summed E-state index contributed by atoms with van der Waals surface area (Å²) in [5.74, 6) is -0.0433. The second-order valence-corrected chi connectivity index (χ2v) is 8.24. The van der Waals surface area contributed by atoms with Crippen LogP contribution in [0, 0.1) is 6.92 Å². The summed E-state index contributed by atoms with van der Waals surface area (Å²) < 4.78 is 29.3. The summed E-state index contributed by atoms with van der Waals surface area (Å²) in [4.78, 5) is 16.8. The van der Waals surface area contributed by atoms with E-state index < -0.39 is 15.1 Å². The van der Waals surface area contributed by atoms with Gasteiger partial charge in [0, 0.05) is 18.0 Å². The van der Waals surface area contributed by atoms with Gasteiger partial charge in [0.05, 0.1) is 11.9 Å². The van der Waals surface area contributed by atoms with Crippen molar-refractivity contribution in [2.75, 3.05) is 12.9 Å². The van der Waals surface area contributed by atoms with Crippen LogP contribution >= 0.6 is 0 Å². The molecule has 0 saturated heterocycles. The van der Waals surface area contributed by atoms with Gasteiger partial charge < -0.3 is 10.1 Å². The Morgan fingerprint density at radius 3 is 2.70 bits per heavy atom. The molecule has 0 spiro atoms. The van der Waals surface area contributed by atoms with E-state index in [9.17, 15) is 13.2 Å². The van der Waals surface area contributed by atoms with Gasteiger partial charge in [0.1, 0.15) is 5.56 Å². The predicted molar refractivity (Wildman–Crippen MR) is 88.5 cm³/mol. The van der Waals surface area contributed by atoms with Gasteiger partial charge in [0.25, 0.3) is 5.91 Å². The van der Waals surface area contributed by atoms with Crippen molar-refractivity contribution in [3.63, 3.8) is 0 Å². The molecule has 1 aromatic heterocycles. The molecule has 1 N–H and O–H groups in total. The Kier molecular flexibility index (Phi) is 5.62. The topological polar surface area (TPSA) is 85.4 Å². The third-order valence-corrected chi connectivity index (χ3v) is 5.76. The molecule has 2 atom stereocenters. The van der Waals surface area contributed by atoms with Gasteiger partial charge in [-0.2, -0.15) is 0 Å². The van der Waals surface area contributed by atoms with E-state index >= 15 is 0 Å². The van der Waals surface area contributed by atoms with Crippen LogP contribution in [-0.2, 0) is 9.84 Å². The van der Waals surface area contributed by atoms with E-state index in [4.69, 9.17) is 4.74 Å². The Bertz CT molecular complexity index is 673. The molecule has 0 unspecified atom stereocenters. The molecule has 6 nitrogen and oxygen atoms in total. The van der Waals surface area contributed by atoms with Crippen molar-refractivity contribution in [2.45, 2.75) is 50.8 Å². The summed E-state index contributed by atoms with van der Waals surface area (Å²) in [5, 5.41) is 2.35. The van der Waals surface area contributed by atoms with Crippen molar-refractivity contribution in [3.8, 4) is 5.88 Å². The highest BCUT2D eigenvalue weighted by Gasteiger charge is 2.34. The number of hydrogen-bond acceptors (Lipinski definition) is 5. The number of aromatic nitrogens is 1. The van der Waals surface area contributed by atoms with Crippen molar-refractivity contribution in [3.05, 3.63) is 23.4 Å². The molecule has 1 aliphatic carbocycles. The number of pyridine rings is 1. The van der Waals surface area contributed by atoms with E-state index in [1.54, 1.807) is 12.1 Å². The van der Waals surface area contributed by atoms with Crippen LogP contribution in [0.1, 0.15) is 48.7 Å². The quantitative estimate of drug-likeness (QED) is 0.884. The Morgan fingerprint density at radius 1 is 1.35 bits per heavy atom. The van der Waals surface area contributed by atoms with Gasteiger partial charge in [-0.1, -0.05) is 12.8 Å². The number of amides is 1. The number of nitrogens with zero attached hydrogens (tertiary/aromatic N) is 1. The maximum atomic E-state index is 12.6. The van der Waals surface area contributed by atoms with Crippen LogP contribution in [0.25, 0.3) is 0 Å². The van der Waals surface area contributed by atoms with Crippen LogP contribution in [0.15, 0.2) is 12.1 Å². The Balaban J connectivity index is 2.21. The number of sulfone groups is 1. The number of ether oxygens (including phenoxy) is 1. The molecule has 128 valence electrons. The molecule has 1 aromatic rings. The largest absolute Gasteiger partial charge is 0.477 e. The maximum Gasteiger partial charge on any atom is 0.257 e. The molecule has 1 amide bonds. The molecule has 0 radical (unpaired) electrons. The predicted octanol–water partition coefficient (Wildman–Crippen LogP) is 1.87. The number of carbonyl (C=O) groups is 1. The summed E-state index contributed by atoms with van der Waals surface area (Å²) in [5.41, 5.74) is 1.10. The molecule has 0 aliphatic heterocycles. The number of carbonyl (C=O) groups excluding carboxylic acids is 1. The van der Waals surface area contributed by atoms with Crippen LogP contribution < -0.4 is 10.1 Å². The van der Waals surface area contributed by atoms with Crippen molar-refractivity contribution in [2.24, 2.45) is 0 Å². The average molecular weight is 340 g/mol. The van der Waals surface area contributed by atoms with Crippen LogP contribution in [0.3, 0.4) is 0 Å². The van der Waals surface area contributed by atoms with Gasteiger partial charge in [0.15, 0.2) is 9.84 Å². The standard InChI is InChI=1S/C16H24N2O4S/c1-4-22-16-12(10-9-11(2)17-16)15(19)18-13-7-5-6-8-14(13)23(3,20)21/h9-10,13-14H,4-8H2,1-3H3,(H,18,19)/t13-,14-/m1/s1. The molecule has 1 heterocycles. The first-order chi connectivity index (χ1) is 10.8. The zero-order valence-electron chi connectivity index (χ0n) is 13.8. The summed E-state index contributed by atoms with van der Waals surface area (Å²) >= 11 is 0. The smallest absolute Gasteiger partial charge is 0.257 e. The van der Waals surface area contributed by atoms with E-state index in [0.717, 1.165) is 18.5 Å². The monoisotopic (exact) mass is 340 g/mol. The van der Waals surface area contributed by atoms with Crippen molar-refractivity contribution < 1.29 is 17.9 Å².